The number of Topliss-reactive ketones (excluding diaryl/α,β-unsaturated/α-hetero) is 1. The fraction of sp³-hybridized carbons (Fsp3) is 0.100. The molecule has 0 spiro atoms. The normalized spacial score (nSPS) is 10.5. The van der Waals surface area contributed by atoms with E-state index in [1.165, 1.54) is 5.56 Å². The molecule has 1 aromatic heterocycles. The summed E-state index contributed by atoms with van der Waals surface area (Å²) < 4.78 is 0.866. The fourth-order valence-corrected chi connectivity index (χ4v) is 2.96. The third-order valence-corrected chi connectivity index (χ3v) is 4.38. The summed E-state index contributed by atoms with van der Waals surface area (Å²) in [6.07, 6.45) is 2.00. The number of pyridine rings is 1. The molecule has 0 aliphatic heterocycles. The summed E-state index contributed by atoms with van der Waals surface area (Å²) in [5, 5.41) is 0. The first kappa shape index (κ1) is 15.6. The first-order valence-corrected chi connectivity index (χ1v) is 8.23. The minimum atomic E-state index is 0.0274. The number of aromatic nitrogens is 1. The molecule has 0 unspecified atom stereocenters. The highest BCUT2D eigenvalue weighted by molar-refractivity contribution is 9.10. The molecule has 0 aliphatic rings. The van der Waals surface area contributed by atoms with E-state index in [1.54, 1.807) is 12.3 Å². The lowest BCUT2D eigenvalue weighted by Gasteiger charge is -2.11. The molecule has 0 radical (unpaired) electrons. The van der Waals surface area contributed by atoms with E-state index in [0.29, 0.717) is 12.1 Å². The Balaban J connectivity index is 1.91. The number of nitrogens with zero attached hydrogens (tertiary/aromatic N) is 1. The Morgan fingerprint density at radius 1 is 1.04 bits per heavy atom. The summed E-state index contributed by atoms with van der Waals surface area (Å²) in [4.78, 5) is 16.6. The first-order valence-electron chi connectivity index (χ1n) is 7.44. The molecule has 3 rings (SSSR count). The van der Waals surface area contributed by atoms with Crippen LogP contribution in [0.3, 0.4) is 0 Å². The standard InChI is InChI=1S/C20H16BrNO/c1-14-16(12-20(23)19-13-17(21)10-11-22-19)8-5-9-18(14)15-6-3-2-4-7-15/h2-11,13H,12H2,1H3. The van der Waals surface area contributed by atoms with Gasteiger partial charge in [-0.1, -0.05) is 64.5 Å². The summed E-state index contributed by atoms with van der Waals surface area (Å²) in [6, 6.07) is 19.9. The van der Waals surface area contributed by atoms with Crippen LogP contribution < -0.4 is 0 Å². The maximum absolute atomic E-state index is 12.5. The second kappa shape index (κ2) is 6.88. The van der Waals surface area contributed by atoms with E-state index >= 15 is 0 Å². The molecule has 0 bridgehead atoms. The second-order valence-corrected chi connectivity index (χ2v) is 6.33. The largest absolute Gasteiger partial charge is 0.292 e. The predicted octanol–water partition coefficient (Wildman–Crippen LogP) is 5.24. The Hall–Kier alpha value is -2.26. The minimum absolute atomic E-state index is 0.0274. The highest BCUT2D eigenvalue weighted by atomic mass is 79.9. The average Bonchev–Trinajstić information content (AvgIpc) is 2.57. The molecule has 3 heteroatoms. The maximum atomic E-state index is 12.5. The van der Waals surface area contributed by atoms with Crippen LogP contribution in [0.15, 0.2) is 71.3 Å². The van der Waals surface area contributed by atoms with Crippen LogP contribution in [-0.2, 0) is 6.42 Å². The Morgan fingerprint density at radius 2 is 1.83 bits per heavy atom. The van der Waals surface area contributed by atoms with Crippen LogP contribution in [0, 0.1) is 6.92 Å². The van der Waals surface area contributed by atoms with Crippen molar-refractivity contribution < 1.29 is 4.79 Å². The van der Waals surface area contributed by atoms with Crippen molar-refractivity contribution >= 4 is 21.7 Å². The van der Waals surface area contributed by atoms with Gasteiger partial charge < -0.3 is 0 Å². The zero-order chi connectivity index (χ0) is 16.2. The Morgan fingerprint density at radius 3 is 2.57 bits per heavy atom. The molecule has 0 saturated carbocycles. The minimum Gasteiger partial charge on any atom is -0.292 e. The quantitative estimate of drug-likeness (QED) is 0.591. The zero-order valence-corrected chi connectivity index (χ0v) is 14.4. The lowest BCUT2D eigenvalue weighted by atomic mass is 9.93. The summed E-state index contributed by atoms with van der Waals surface area (Å²) in [5.41, 5.74) is 5.00. The number of rotatable bonds is 4. The van der Waals surface area contributed by atoms with Gasteiger partial charge in [0, 0.05) is 17.1 Å². The molecule has 0 N–H and O–H groups in total. The van der Waals surface area contributed by atoms with Crippen LogP contribution in [-0.4, -0.2) is 10.8 Å². The molecule has 0 saturated heterocycles. The van der Waals surface area contributed by atoms with Gasteiger partial charge in [0.05, 0.1) is 0 Å². The molecule has 0 aliphatic carbocycles. The van der Waals surface area contributed by atoms with Gasteiger partial charge in [-0.2, -0.15) is 0 Å². The first-order chi connectivity index (χ1) is 11.1. The molecule has 0 atom stereocenters. The molecule has 2 nitrogen and oxygen atoms in total. The molecule has 0 fully saturated rings. The van der Waals surface area contributed by atoms with E-state index in [0.717, 1.165) is 21.2 Å². The average molecular weight is 366 g/mol. The van der Waals surface area contributed by atoms with Crippen LogP contribution in [0.4, 0.5) is 0 Å². The molecule has 23 heavy (non-hydrogen) atoms. The van der Waals surface area contributed by atoms with Gasteiger partial charge in [0.1, 0.15) is 5.69 Å². The Bertz CT molecular complexity index is 843. The van der Waals surface area contributed by atoms with Crippen molar-refractivity contribution in [2.75, 3.05) is 0 Å². The van der Waals surface area contributed by atoms with E-state index in [2.05, 4.69) is 46.0 Å². The van der Waals surface area contributed by atoms with E-state index in [1.807, 2.05) is 36.4 Å². The van der Waals surface area contributed by atoms with Crippen LogP contribution in [0.1, 0.15) is 21.6 Å². The monoisotopic (exact) mass is 365 g/mol. The summed E-state index contributed by atoms with van der Waals surface area (Å²) in [6.45, 7) is 2.07. The van der Waals surface area contributed by atoms with Gasteiger partial charge in [-0.3, -0.25) is 9.78 Å². The highest BCUT2D eigenvalue weighted by Gasteiger charge is 2.12. The Kier molecular flexibility index (Phi) is 4.68. The number of ketones is 1. The van der Waals surface area contributed by atoms with Gasteiger partial charge in [-0.15, -0.1) is 0 Å². The summed E-state index contributed by atoms with van der Waals surface area (Å²) in [7, 11) is 0. The number of carbonyl (C=O) groups is 1. The molecule has 2 aromatic carbocycles. The number of carbonyl (C=O) groups excluding carboxylic acids is 1. The highest BCUT2D eigenvalue weighted by Crippen LogP contribution is 2.26. The van der Waals surface area contributed by atoms with Crippen LogP contribution >= 0.6 is 15.9 Å². The predicted molar refractivity (Wildman–Crippen MR) is 96.6 cm³/mol. The summed E-state index contributed by atoms with van der Waals surface area (Å²) >= 11 is 3.38. The number of halogens is 1. The van der Waals surface area contributed by atoms with Crippen molar-refractivity contribution in [3.63, 3.8) is 0 Å². The zero-order valence-electron chi connectivity index (χ0n) is 12.8. The van der Waals surface area contributed by atoms with Crippen LogP contribution in [0.2, 0.25) is 0 Å². The molecular formula is C20H16BrNO. The van der Waals surface area contributed by atoms with Gasteiger partial charge in [0.2, 0.25) is 0 Å². The van der Waals surface area contributed by atoms with E-state index < -0.39 is 0 Å². The molecule has 114 valence electrons. The van der Waals surface area contributed by atoms with E-state index in [-0.39, 0.29) is 5.78 Å². The molecular weight excluding hydrogens is 350 g/mol. The molecule has 3 aromatic rings. The van der Waals surface area contributed by atoms with Crippen molar-refractivity contribution in [3.8, 4) is 11.1 Å². The molecule has 0 amide bonds. The SMILES string of the molecule is Cc1c(CC(=O)c2cc(Br)ccn2)cccc1-c1ccccc1. The van der Waals surface area contributed by atoms with Gasteiger partial charge >= 0.3 is 0 Å². The third kappa shape index (κ3) is 3.57. The van der Waals surface area contributed by atoms with Crippen molar-refractivity contribution in [2.24, 2.45) is 0 Å². The van der Waals surface area contributed by atoms with Gasteiger partial charge in [-0.05, 0) is 41.3 Å². The van der Waals surface area contributed by atoms with Crippen molar-refractivity contribution in [3.05, 3.63) is 88.2 Å². The van der Waals surface area contributed by atoms with Crippen molar-refractivity contribution in [1.29, 1.82) is 0 Å². The maximum Gasteiger partial charge on any atom is 0.185 e. The van der Waals surface area contributed by atoms with Crippen molar-refractivity contribution in [1.82, 2.24) is 4.98 Å². The van der Waals surface area contributed by atoms with E-state index in [9.17, 15) is 4.79 Å². The van der Waals surface area contributed by atoms with E-state index in [4.69, 9.17) is 0 Å². The van der Waals surface area contributed by atoms with Crippen LogP contribution in [0.5, 0.6) is 0 Å². The summed E-state index contributed by atoms with van der Waals surface area (Å²) in [5.74, 6) is 0.0274. The fourth-order valence-electron chi connectivity index (χ4n) is 2.63. The lowest BCUT2D eigenvalue weighted by molar-refractivity contribution is 0.0988. The topological polar surface area (TPSA) is 30.0 Å². The van der Waals surface area contributed by atoms with Crippen molar-refractivity contribution in [2.45, 2.75) is 13.3 Å². The second-order valence-electron chi connectivity index (χ2n) is 5.41. The van der Waals surface area contributed by atoms with Gasteiger partial charge in [-0.25, -0.2) is 0 Å². The third-order valence-electron chi connectivity index (χ3n) is 3.89. The lowest BCUT2D eigenvalue weighted by Crippen LogP contribution is -2.07. The smallest absolute Gasteiger partial charge is 0.185 e. The van der Waals surface area contributed by atoms with Crippen LogP contribution in [0.25, 0.3) is 11.1 Å². The van der Waals surface area contributed by atoms with Gasteiger partial charge in [0.15, 0.2) is 5.78 Å². The van der Waals surface area contributed by atoms with Gasteiger partial charge in [0.25, 0.3) is 0 Å². The Labute approximate surface area is 144 Å². The number of benzene rings is 2. The molecule has 1 heterocycles. The number of hydrogen-bond acceptors (Lipinski definition) is 2. The number of hydrogen-bond donors (Lipinski definition) is 0.